The molecule has 0 spiro atoms. The fourth-order valence-corrected chi connectivity index (χ4v) is 5.20. The molecule has 1 aliphatic heterocycles. The van der Waals surface area contributed by atoms with Gasteiger partial charge in [0.2, 0.25) is 5.82 Å². The van der Waals surface area contributed by atoms with Crippen LogP contribution in [-0.4, -0.2) is 62.5 Å². The molecule has 0 radical (unpaired) electrons. The van der Waals surface area contributed by atoms with E-state index >= 15 is 0 Å². The van der Waals surface area contributed by atoms with E-state index in [1.807, 2.05) is 43.6 Å². The molecule has 1 saturated heterocycles. The molecule has 0 aliphatic carbocycles. The van der Waals surface area contributed by atoms with Gasteiger partial charge in [0, 0.05) is 30.4 Å². The molecule has 1 fully saturated rings. The van der Waals surface area contributed by atoms with E-state index in [1.165, 1.54) is 18.5 Å². The van der Waals surface area contributed by atoms with Gasteiger partial charge >= 0.3 is 0 Å². The first kappa shape index (κ1) is 29.7. The zero-order valence-electron chi connectivity index (χ0n) is 24.5. The average Bonchev–Trinajstić information content (AvgIpc) is 3.60. The Labute approximate surface area is 248 Å². The number of hydrogen-bond acceptors (Lipinski definition) is 7. The third-order valence-corrected chi connectivity index (χ3v) is 8.04. The number of nitrogen functional groups attached to an aromatic ring is 1. The van der Waals surface area contributed by atoms with Crippen molar-refractivity contribution in [2.45, 2.75) is 44.8 Å². The number of benzene rings is 2. The number of likely N-dealkylation sites (tertiary alicyclic amines) is 1. The minimum absolute atomic E-state index is 0.121. The molecule has 9 nitrogen and oxygen atoms in total. The van der Waals surface area contributed by atoms with Gasteiger partial charge in [0.1, 0.15) is 35.2 Å². The minimum atomic E-state index is -1.06. The lowest BCUT2D eigenvalue weighted by molar-refractivity contribution is -0.127. The Kier molecular flexibility index (Phi) is 8.15. The van der Waals surface area contributed by atoms with E-state index in [9.17, 15) is 18.8 Å². The van der Waals surface area contributed by atoms with E-state index in [4.69, 9.17) is 10.5 Å². The van der Waals surface area contributed by atoms with Crippen molar-refractivity contribution in [2.24, 2.45) is 0 Å². The lowest BCUT2D eigenvalue weighted by atomic mass is 9.99. The summed E-state index contributed by atoms with van der Waals surface area (Å²) in [5.41, 5.74) is 8.15. The summed E-state index contributed by atoms with van der Waals surface area (Å²) in [7, 11) is 3.81. The smallest absolute Gasteiger partial charge is 0.264 e. The van der Waals surface area contributed by atoms with Crippen LogP contribution in [0.4, 0.5) is 14.6 Å². The second-order valence-corrected chi connectivity index (χ2v) is 11.3. The standard InChI is InChI=1S/C32H33F2N7O2/c1-32(2,39(3)4)15-21(16-35)31(42)41-14-6-7-22(41)17-40-18-24(27-29(36)37-19-38-30(27)40)20-10-12-23(13-11-20)43-26-9-5-8-25(33)28(26)34/h5,8-13,15,18-19,22H,6-7,14,17H2,1-4H3,(H2,36,37,38)/t22-/m0/s1. The van der Waals surface area contributed by atoms with Crippen LogP contribution >= 0.6 is 0 Å². The third kappa shape index (κ3) is 5.92. The number of amides is 1. The number of ether oxygens (including phenoxy) is 1. The SMILES string of the molecule is CN(C)C(C)(C)C=C(C#N)C(=O)N1CCC[C@H]1Cn1cc(-c2ccc(Oc3cccc(F)c3F)cc2)c2c(N)ncnc21. The van der Waals surface area contributed by atoms with Gasteiger partial charge in [-0.25, -0.2) is 14.4 Å². The van der Waals surface area contributed by atoms with Crippen molar-refractivity contribution in [3.63, 3.8) is 0 Å². The van der Waals surface area contributed by atoms with E-state index in [2.05, 4.69) is 16.0 Å². The van der Waals surface area contributed by atoms with E-state index < -0.39 is 17.2 Å². The van der Waals surface area contributed by atoms with E-state index in [0.717, 1.165) is 30.0 Å². The molecule has 11 heteroatoms. The first-order valence-electron chi connectivity index (χ1n) is 13.9. The molecule has 1 atom stereocenters. The highest BCUT2D eigenvalue weighted by molar-refractivity contribution is 6.01. The number of fused-ring (bicyclic) bond motifs is 1. The minimum Gasteiger partial charge on any atom is -0.454 e. The average molecular weight is 586 g/mol. The number of anilines is 1. The molecular formula is C32H33F2N7O2. The Balaban J connectivity index is 1.43. The Bertz CT molecular complexity index is 1740. The van der Waals surface area contributed by atoms with Crippen LogP contribution in [0, 0.1) is 23.0 Å². The number of rotatable bonds is 8. The lowest BCUT2D eigenvalue weighted by Crippen LogP contribution is -2.41. The molecular weight excluding hydrogens is 552 g/mol. The first-order chi connectivity index (χ1) is 20.5. The summed E-state index contributed by atoms with van der Waals surface area (Å²) in [5.74, 6) is -1.90. The van der Waals surface area contributed by atoms with E-state index in [0.29, 0.717) is 35.7 Å². The van der Waals surface area contributed by atoms with E-state index in [1.54, 1.807) is 35.2 Å². The van der Waals surface area contributed by atoms with Gasteiger partial charge < -0.3 is 24.8 Å². The van der Waals surface area contributed by atoms with Crippen LogP contribution in [0.2, 0.25) is 0 Å². The molecule has 0 saturated carbocycles. The van der Waals surface area contributed by atoms with Crippen molar-refractivity contribution >= 4 is 22.8 Å². The third-order valence-electron chi connectivity index (χ3n) is 8.04. The number of carbonyl (C=O) groups excluding carboxylic acids is 1. The highest BCUT2D eigenvalue weighted by Gasteiger charge is 2.33. The predicted molar refractivity (Wildman–Crippen MR) is 160 cm³/mol. The molecule has 2 aromatic carbocycles. The Morgan fingerprint density at radius 3 is 2.65 bits per heavy atom. The fourth-order valence-electron chi connectivity index (χ4n) is 5.20. The molecule has 0 bridgehead atoms. The number of likely N-dealkylation sites (N-methyl/N-ethyl adjacent to an activating group) is 1. The maximum absolute atomic E-state index is 14.1. The van der Waals surface area contributed by atoms with Crippen LogP contribution in [0.25, 0.3) is 22.2 Å². The number of nitrogens with two attached hydrogens (primary N) is 1. The molecule has 4 aromatic rings. The summed E-state index contributed by atoms with van der Waals surface area (Å²) in [6.45, 7) is 4.92. The summed E-state index contributed by atoms with van der Waals surface area (Å²) in [4.78, 5) is 26.0. The molecule has 2 N–H and O–H groups in total. The number of nitriles is 1. The number of carbonyl (C=O) groups is 1. The number of hydrogen-bond donors (Lipinski definition) is 1. The van der Waals surface area contributed by atoms with Gasteiger partial charge in [-0.2, -0.15) is 9.65 Å². The number of halogens is 2. The molecule has 0 unspecified atom stereocenters. The second-order valence-electron chi connectivity index (χ2n) is 11.3. The predicted octanol–water partition coefficient (Wildman–Crippen LogP) is 5.53. The van der Waals surface area contributed by atoms with Crippen molar-refractivity contribution in [1.82, 2.24) is 24.3 Å². The molecule has 3 heterocycles. The van der Waals surface area contributed by atoms with Crippen LogP contribution in [0.3, 0.4) is 0 Å². The topological polar surface area (TPSA) is 113 Å². The monoisotopic (exact) mass is 585 g/mol. The van der Waals surface area contributed by atoms with Crippen LogP contribution in [0.1, 0.15) is 26.7 Å². The van der Waals surface area contributed by atoms with Gasteiger partial charge in [0.05, 0.1) is 11.4 Å². The molecule has 2 aromatic heterocycles. The molecule has 1 amide bonds. The Morgan fingerprint density at radius 2 is 1.95 bits per heavy atom. The molecule has 222 valence electrons. The van der Waals surface area contributed by atoms with Crippen molar-refractivity contribution in [1.29, 1.82) is 5.26 Å². The summed E-state index contributed by atoms with van der Waals surface area (Å²) in [6.07, 6.45) is 6.65. The largest absolute Gasteiger partial charge is 0.454 e. The van der Waals surface area contributed by atoms with Gasteiger partial charge in [-0.05, 0) is 76.7 Å². The maximum atomic E-state index is 14.1. The number of aromatic nitrogens is 3. The second kappa shape index (κ2) is 11.8. The van der Waals surface area contributed by atoms with Gasteiger partial charge in [-0.1, -0.05) is 18.2 Å². The van der Waals surface area contributed by atoms with Gasteiger partial charge in [-0.3, -0.25) is 4.79 Å². The van der Waals surface area contributed by atoms with Crippen LogP contribution < -0.4 is 10.5 Å². The Morgan fingerprint density at radius 1 is 1.21 bits per heavy atom. The van der Waals surface area contributed by atoms with Crippen LogP contribution in [-0.2, 0) is 11.3 Å². The molecule has 1 aliphatic rings. The highest BCUT2D eigenvalue weighted by atomic mass is 19.2. The van der Waals surface area contributed by atoms with Crippen molar-refractivity contribution in [3.05, 3.63) is 78.3 Å². The molecule has 43 heavy (non-hydrogen) atoms. The summed E-state index contributed by atoms with van der Waals surface area (Å²) < 4.78 is 35.2. The van der Waals surface area contributed by atoms with Crippen molar-refractivity contribution in [3.8, 4) is 28.7 Å². The lowest BCUT2D eigenvalue weighted by Gasteiger charge is -2.30. The van der Waals surface area contributed by atoms with E-state index in [-0.39, 0.29) is 23.3 Å². The summed E-state index contributed by atoms with van der Waals surface area (Å²) in [5, 5.41) is 10.5. The van der Waals surface area contributed by atoms with Gasteiger partial charge in [-0.15, -0.1) is 0 Å². The fraction of sp³-hybridized carbons (Fsp3) is 0.312. The number of nitrogens with zero attached hydrogens (tertiary/aromatic N) is 6. The quantitative estimate of drug-likeness (QED) is 0.214. The molecule has 5 rings (SSSR count). The summed E-state index contributed by atoms with van der Waals surface area (Å²) in [6, 6.07) is 12.6. The first-order valence-corrected chi connectivity index (χ1v) is 13.9. The normalized spacial score (nSPS) is 15.7. The van der Waals surface area contributed by atoms with Crippen LogP contribution in [0.15, 0.2) is 66.6 Å². The zero-order chi connectivity index (χ0) is 30.9. The van der Waals surface area contributed by atoms with Crippen molar-refractivity contribution in [2.75, 3.05) is 26.4 Å². The Hall–Kier alpha value is -4.82. The van der Waals surface area contributed by atoms with Crippen molar-refractivity contribution < 1.29 is 18.3 Å². The van der Waals surface area contributed by atoms with Crippen LogP contribution in [0.5, 0.6) is 11.5 Å². The highest BCUT2D eigenvalue weighted by Crippen LogP contribution is 2.35. The summed E-state index contributed by atoms with van der Waals surface area (Å²) >= 11 is 0. The zero-order valence-corrected chi connectivity index (χ0v) is 24.5. The van der Waals surface area contributed by atoms with Gasteiger partial charge in [0.15, 0.2) is 11.6 Å². The maximum Gasteiger partial charge on any atom is 0.264 e. The van der Waals surface area contributed by atoms with Gasteiger partial charge in [0.25, 0.3) is 5.91 Å².